The van der Waals surface area contributed by atoms with Crippen molar-refractivity contribution >= 4 is 33.3 Å². The molecule has 2 N–H and O–H groups in total. The highest BCUT2D eigenvalue weighted by Gasteiger charge is 2.14. The Hall–Kier alpha value is -3.29. The van der Waals surface area contributed by atoms with Gasteiger partial charge in [-0.05, 0) is 36.4 Å². The van der Waals surface area contributed by atoms with Gasteiger partial charge in [-0.1, -0.05) is 0 Å². The molecular weight excluding hydrogens is 366 g/mol. The molecule has 0 saturated carbocycles. The molecule has 0 bridgehead atoms. The lowest BCUT2D eigenvalue weighted by Crippen LogP contribution is -2.35. The van der Waals surface area contributed by atoms with Crippen LogP contribution in [0.3, 0.4) is 0 Å². The van der Waals surface area contributed by atoms with Gasteiger partial charge in [0.2, 0.25) is 0 Å². The zero-order chi connectivity index (χ0) is 19.6. The Bertz CT molecular complexity index is 1170. The van der Waals surface area contributed by atoms with Crippen LogP contribution in [0.4, 0.5) is 11.4 Å². The minimum absolute atomic E-state index is 0.304. The number of nitrogens with one attached hydrogen (secondary N) is 1. The lowest BCUT2D eigenvalue weighted by Gasteiger charge is -2.27. The third-order valence-electron chi connectivity index (χ3n) is 5.20. The largest absolute Gasteiger partial charge is 0.508 e. The summed E-state index contributed by atoms with van der Waals surface area (Å²) in [6, 6.07) is 11.4. The summed E-state index contributed by atoms with van der Waals surface area (Å²) in [5.41, 5.74) is 5.20. The predicted molar refractivity (Wildman–Crippen MR) is 112 cm³/mol. The van der Waals surface area contributed by atoms with Gasteiger partial charge in [0.25, 0.3) is 0 Å². The van der Waals surface area contributed by atoms with E-state index in [2.05, 4.69) is 25.2 Å². The van der Waals surface area contributed by atoms with Gasteiger partial charge >= 0.3 is 0 Å². The van der Waals surface area contributed by atoms with Crippen LogP contribution in [0.5, 0.6) is 5.75 Å². The van der Waals surface area contributed by atoms with Gasteiger partial charge in [0.15, 0.2) is 0 Å². The molecule has 1 fully saturated rings. The van der Waals surface area contributed by atoms with Crippen LogP contribution in [0.1, 0.15) is 5.56 Å². The number of hydrogen-bond donors (Lipinski definition) is 2. The summed E-state index contributed by atoms with van der Waals surface area (Å²) in [6.07, 6.45) is 5.16. The number of phenols is 1. The Kier molecular flexibility index (Phi) is 4.67. The number of pyridine rings is 1. The first-order valence-electron chi connectivity index (χ1n) is 9.65. The summed E-state index contributed by atoms with van der Waals surface area (Å²) >= 11 is 0. The third-order valence-corrected chi connectivity index (χ3v) is 5.20. The SMILES string of the molecule is Oc1ccc(Nc2ccnc3ccc4nccnc4c23)cc1CN1CCOCC1. The maximum Gasteiger partial charge on any atom is 0.120 e. The predicted octanol–water partition coefficient (Wildman–Crippen LogP) is 3.46. The van der Waals surface area contributed by atoms with Crippen molar-refractivity contribution in [2.24, 2.45) is 0 Å². The quantitative estimate of drug-likeness (QED) is 0.410. The van der Waals surface area contributed by atoms with Crippen molar-refractivity contribution in [2.45, 2.75) is 6.54 Å². The molecule has 1 saturated heterocycles. The van der Waals surface area contributed by atoms with Crippen molar-refractivity contribution in [3.63, 3.8) is 0 Å². The summed E-state index contributed by atoms with van der Waals surface area (Å²) < 4.78 is 5.41. The Morgan fingerprint density at radius 3 is 2.62 bits per heavy atom. The molecule has 1 aliphatic heterocycles. The number of aromatic hydroxyl groups is 1. The highest BCUT2D eigenvalue weighted by molar-refractivity contribution is 6.09. The van der Waals surface area contributed by atoms with Crippen molar-refractivity contribution in [3.05, 3.63) is 60.6 Å². The molecule has 2 aromatic carbocycles. The molecule has 146 valence electrons. The standard InChI is InChI=1S/C22H21N5O2/c28-20-4-1-16(13-15(20)14-27-9-11-29-12-10-27)26-18-5-6-23-17-2-3-19-22(21(17)18)25-8-7-24-19/h1-8,13,28H,9-12,14H2,(H,23,26). The second-order valence-electron chi connectivity index (χ2n) is 7.10. The number of anilines is 2. The number of nitrogens with zero attached hydrogens (tertiary/aromatic N) is 4. The van der Waals surface area contributed by atoms with E-state index in [9.17, 15) is 5.11 Å². The number of morpholine rings is 1. The molecule has 29 heavy (non-hydrogen) atoms. The first kappa shape index (κ1) is 17.8. The van der Waals surface area contributed by atoms with Crippen molar-refractivity contribution in [1.82, 2.24) is 19.9 Å². The van der Waals surface area contributed by atoms with Gasteiger partial charge in [0.05, 0.1) is 35.3 Å². The van der Waals surface area contributed by atoms with E-state index in [1.807, 2.05) is 30.3 Å². The molecule has 0 unspecified atom stereocenters. The van der Waals surface area contributed by atoms with Gasteiger partial charge in [-0.15, -0.1) is 0 Å². The number of benzene rings is 2. The van der Waals surface area contributed by atoms with Crippen LogP contribution in [0, 0.1) is 0 Å². The molecule has 0 aliphatic carbocycles. The number of ether oxygens (including phenoxy) is 1. The maximum atomic E-state index is 10.3. The van der Waals surface area contributed by atoms with Gasteiger partial charge in [0.1, 0.15) is 11.3 Å². The minimum Gasteiger partial charge on any atom is -0.508 e. The first-order chi connectivity index (χ1) is 14.3. The van der Waals surface area contributed by atoms with E-state index in [-0.39, 0.29) is 0 Å². The lowest BCUT2D eigenvalue weighted by molar-refractivity contribution is 0.0339. The zero-order valence-corrected chi connectivity index (χ0v) is 15.9. The molecule has 7 nitrogen and oxygen atoms in total. The van der Waals surface area contributed by atoms with Crippen molar-refractivity contribution in [3.8, 4) is 5.75 Å². The second kappa shape index (κ2) is 7.62. The van der Waals surface area contributed by atoms with Gasteiger partial charge in [0, 0.05) is 49.5 Å². The Balaban J connectivity index is 1.51. The summed E-state index contributed by atoms with van der Waals surface area (Å²) in [7, 11) is 0. The molecule has 0 radical (unpaired) electrons. The lowest BCUT2D eigenvalue weighted by atomic mass is 10.1. The highest BCUT2D eigenvalue weighted by Crippen LogP contribution is 2.31. The van der Waals surface area contributed by atoms with E-state index >= 15 is 0 Å². The van der Waals surface area contributed by atoms with Crippen LogP contribution in [-0.4, -0.2) is 51.3 Å². The number of hydrogen-bond acceptors (Lipinski definition) is 7. The van der Waals surface area contributed by atoms with Gasteiger partial charge in [-0.3, -0.25) is 19.9 Å². The number of rotatable bonds is 4. The van der Waals surface area contributed by atoms with E-state index in [0.717, 1.165) is 65.2 Å². The van der Waals surface area contributed by atoms with E-state index in [4.69, 9.17) is 4.74 Å². The molecular formula is C22H21N5O2. The summed E-state index contributed by atoms with van der Waals surface area (Å²) in [5, 5.41) is 14.7. The van der Waals surface area contributed by atoms with Crippen LogP contribution in [-0.2, 0) is 11.3 Å². The minimum atomic E-state index is 0.304. The summed E-state index contributed by atoms with van der Waals surface area (Å²) in [4.78, 5) is 15.7. The average Bonchev–Trinajstić information content (AvgIpc) is 2.77. The number of aromatic nitrogens is 3. The van der Waals surface area contributed by atoms with Crippen molar-refractivity contribution < 1.29 is 9.84 Å². The molecule has 7 heteroatoms. The van der Waals surface area contributed by atoms with Gasteiger partial charge in [-0.2, -0.15) is 0 Å². The molecule has 2 aromatic heterocycles. The van der Waals surface area contributed by atoms with E-state index in [0.29, 0.717) is 12.3 Å². The fraction of sp³-hybridized carbons (Fsp3) is 0.227. The average molecular weight is 387 g/mol. The molecule has 5 rings (SSSR count). The Morgan fingerprint density at radius 1 is 0.931 bits per heavy atom. The number of fused-ring (bicyclic) bond motifs is 3. The van der Waals surface area contributed by atoms with Crippen LogP contribution >= 0.6 is 0 Å². The topological polar surface area (TPSA) is 83.4 Å². The Morgan fingerprint density at radius 2 is 1.72 bits per heavy atom. The van der Waals surface area contributed by atoms with E-state index in [1.165, 1.54) is 0 Å². The maximum absolute atomic E-state index is 10.3. The van der Waals surface area contributed by atoms with Crippen LogP contribution < -0.4 is 5.32 Å². The molecule has 0 atom stereocenters. The molecule has 3 heterocycles. The van der Waals surface area contributed by atoms with Gasteiger partial charge < -0.3 is 15.2 Å². The molecule has 1 aliphatic rings. The van der Waals surface area contributed by atoms with E-state index in [1.54, 1.807) is 24.7 Å². The number of phenolic OH excluding ortho intramolecular Hbond substituents is 1. The Labute approximate surface area is 168 Å². The highest BCUT2D eigenvalue weighted by atomic mass is 16.5. The smallest absolute Gasteiger partial charge is 0.120 e. The van der Waals surface area contributed by atoms with Gasteiger partial charge in [-0.25, -0.2) is 0 Å². The first-order valence-corrected chi connectivity index (χ1v) is 9.65. The monoisotopic (exact) mass is 387 g/mol. The third kappa shape index (κ3) is 3.57. The van der Waals surface area contributed by atoms with Crippen molar-refractivity contribution in [2.75, 3.05) is 31.6 Å². The summed E-state index contributed by atoms with van der Waals surface area (Å²) in [5.74, 6) is 0.304. The van der Waals surface area contributed by atoms with Crippen LogP contribution in [0.25, 0.3) is 21.9 Å². The molecule has 0 amide bonds. The molecule has 4 aromatic rings. The normalized spacial score (nSPS) is 15.0. The molecule has 0 spiro atoms. The summed E-state index contributed by atoms with van der Waals surface area (Å²) in [6.45, 7) is 3.90. The fourth-order valence-electron chi connectivity index (χ4n) is 3.72. The van der Waals surface area contributed by atoms with E-state index < -0.39 is 0 Å². The van der Waals surface area contributed by atoms with Crippen LogP contribution in [0.2, 0.25) is 0 Å². The zero-order valence-electron chi connectivity index (χ0n) is 15.9. The second-order valence-corrected chi connectivity index (χ2v) is 7.10. The van der Waals surface area contributed by atoms with Crippen LogP contribution in [0.15, 0.2) is 55.0 Å². The fourth-order valence-corrected chi connectivity index (χ4v) is 3.72. The van der Waals surface area contributed by atoms with Crippen molar-refractivity contribution in [1.29, 1.82) is 0 Å².